The maximum Gasteiger partial charge on any atom is 0.322 e. The Morgan fingerprint density at radius 2 is 2.05 bits per heavy atom. The van der Waals surface area contributed by atoms with Gasteiger partial charge in [0, 0.05) is 0 Å². The average Bonchev–Trinajstić information content (AvgIpc) is 2.82. The van der Waals surface area contributed by atoms with Gasteiger partial charge in [0.2, 0.25) is 11.2 Å². The highest BCUT2D eigenvalue weighted by Crippen LogP contribution is 2.17. The zero-order valence-corrected chi connectivity index (χ0v) is 10.9. The lowest BCUT2D eigenvalue weighted by Crippen LogP contribution is -2.05. The Morgan fingerprint density at radius 1 is 1.21 bits per heavy atom. The van der Waals surface area contributed by atoms with Gasteiger partial charge >= 0.3 is 6.01 Å². The lowest BCUT2D eigenvalue weighted by molar-refractivity contribution is 0.311. The van der Waals surface area contributed by atoms with Crippen molar-refractivity contribution in [3.8, 4) is 12.0 Å². The maximum atomic E-state index is 5.88. The van der Waals surface area contributed by atoms with E-state index in [2.05, 4.69) is 19.9 Å². The van der Waals surface area contributed by atoms with E-state index < -0.39 is 0 Å². The molecule has 0 N–H and O–H groups in total. The second-order valence-corrected chi connectivity index (χ2v) is 4.06. The van der Waals surface area contributed by atoms with E-state index in [1.165, 1.54) is 0 Å². The van der Waals surface area contributed by atoms with Crippen LogP contribution in [0.25, 0.3) is 17.0 Å². The molecule has 0 fully saturated rings. The number of fused-ring (bicyclic) bond motifs is 1. The number of rotatable bonds is 3. The summed E-state index contributed by atoms with van der Waals surface area (Å²) < 4.78 is 7.00. The van der Waals surface area contributed by atoms with Crippen molar-refractivity contribution in [1.29, 1.82) is 0 Å². The monoisotopic (exact) mass is 275 g/mol. The minimum atomic E-state index is 0.0891. The van der Waals surface area contributed by atoms with Gasteiger partial charge in [-0.05, 0) is 30.7 Å². The molecule has 0 unspecified atom stereocenters. The van der Waals surface area contributed by atoms with Crippen molar-refractivity contribution in [2.75, 3.05) is 6.61 Å². The van der Waals surface area contributed by atoms with Gasteiger partial charge in [0.05, 0.1) is 17.6 Å². The Labute approximate surface area is 114 Å². The molecule has 2 heterocycles. The van der Waals surface area contributed by atoms with Gasteiger partial charge in [-0.15, -0.1) is 0 Å². The molecule has 0 spiro atoms. The first-order chi connectivity index (χ1) is 9.28. The summed E-state index contributed by atoms with van der Waals surface area (Å²) in [5.41, 5.74) is 1.75. The van der Waals surface area contributed by atoms with E-state index in [-0.39, 0.29) is 11.3 Å². The van der Waals surface area contributed by atoms with Crippen LogP contribution in [0.3, 0.4) is 0 Å². The number of aromatic nitrogens is 5. The molecule has 0 aliphatic carbocycles. The Hall–Kier alpha value is -2.21. The van der Waals surface area contributed by atoms with Crippen LogP contribution in [0.5, 0.6) is 6.01 Å². The topological polar surface area (TPSA) is 65.7 Å². The minimum absolute atomic E-state index is 0.0891. The molecule has 0 saturated carbocycles. The third kappa shape index (κ3) is 2.22. The van der Waals surface area contributed by atoms with Gasteiger partial charge in [0.15, 0.2) is 0 Å². The molecule has 7 heteroatoms. The van der Waals surface area contributed by atoms with Crippen LogP contribution in [0.1, 0.15) is 6.92 Å². The van der Waals surface area contributed by atoms with Crippen molar-refractivity contribution in [3.63, 3.8) is 0 Å². The van der Waals surface area contributed by atoms with Crippen molar-refractivity contribution in [2.45, 2.75) is 6.92 Å². The highest BCUT2D eigenvalue weighted by atomic mass is 35.5. The molecule has 0 radical (unpaired) electrons. The lowest BCUT2D eigenvalue weighted by Gasteiger charge is -2.05. The van der Waals surface area contributed by atoms with E-state index in [0.717, 1.165) is 11.0 Å². The van der Waals surface area contributed by atoms with Crippen LogP contribution >= 0.6 is 11.6 Å². The number of imidazole rings is 1. The molecule has 1 aromatic carbocycles. The van der Waals surface area contributed by atoms with Gasteiger partial charge in [-0.2, -0.15) is 15.0 Å². The number of nitrogens with zero attached hydrogens (tertiary/aromatic N) is 5. The molecule has 19 heavy (non-hydrogen) atoms. The zero-order chi connectivity index (χ0) is 13.2. The first-order valence-corrected chi connectivity index (χ1v) is 6.12. The van der Waals surface area contributed by atoms with Crippen molar-refractivity contribution in [2.24, 2.45) is 0 Å². The van der Waals surface area contributed by atoms with Crippen LogP contribution in [0.15, 0.2) is 30.6 Å². The van der Waals surface area contributed by atoms with E-state index in [1.807, 2.05) is 31.2 Å². The van der Waals surface area contributed by atoms with Crippen LogP contribution < -0.4 is 4.74 Å². The average molecular weight is 276 g/mol. The van der Waals surface area contributed by atoms with Crippen molar-refractivity contribution < 1.29 is 4.74 Å². The normalized spacial score (nSPS) is 10.8. The van der Waals surface area contributed by atoms with Gasteiger partial charge in [-0.1, -0.05) is 12.1 Å². The molecule has 0 bridgehead atoms. The summed E-state index contributed by atoms with van der Waals surface area (Å²) in [5.74, 6) is 0.386. The Morgan fingerprint density at radius 3 is 2.89 bits per heavy atom. The number of halogens is 1. The summed E-state index contributed by atoms with van der Waals surface area (Å²) >= 11 is 5.88. The predicted octanol–water partition coefficient (Wildman–Crippen LogP) is 2.26. The van der Waals surface area contributed by atoms with Gasteiger partial charge in [0.25, 0.3) is 0 Å². The smallest absolute Gasteiger partial charge is 0.322 e. The number of benzene rings is 1. The molecule has 3 aromatic rings. The van der Waals surface area contributed by atoms with Gasteiger partial charge in [0.1, 0.15) is 6.33 Å². The SMILES string of the molecule is CCOc1nc(Cl)nc(-n2cnc3ccccc32)n1. The van der Waals surface area contributed by atoms with Crippen LogP contribution in [-0.2, 0) is 0 Å². The molecule has 0 atom stereocenters. The van der Waals surface area contributed by atoms with Crippen molar-refractivity contribution >= 4 is 22.6 Å². The summed E-state index contributed by atoms with van der Waals surface area (Å²) in [6.07, 6.45) is 1.64. The number of hydrogen-bond donors (Lipinski definition) is 0. The summed E-state index contributed by atoms with van der Waals surface area (Å²) in [4.78, 5) is 16.5. The van der Waals surface area contributed by atoms with E-state index in [9.17, 15) is 0 Å². The zero-order valence-electron chi connectivity index (χ0n) is 10.1. The first kappa shape index (κ1) is 11.9. The Kier molecular flexibility index (Phi) is 3.00. The summed E-state index contributed by atoms with van der Waals surface area (Å²) in [6.45, 7) is 2.31. The van der Waals surface area contributed by atoms with E-state index in [1.54, 1.807) is 10.9 Å². The molecule has 6 nitrogen and oxygen atoms in total. The van der Waals surface area contributed by atoms with Gasteiger partial charge in [-0.3, -0.25) is 4.57 Å². The minimum Gasteiger partial charge on any atom is -0.464 e. The van der Waals surface area contributed by atoms with Crippen molar-refractivity contribution in [1.82, 2.24) is 24.5 Å². The molecule has 0 amide bonds. The molecular weight excluding hydrogens is 266 g/mol. The van der Waals surface area contributed by atoms with Crippen LogP contribution in [0.4, 0.5) is 0 Å². The summed E-state index contributed by atoms with van der Waals surface area (Å²) in [5, 5.41) is 0.0891. The van der Waals surface area contributed by atoms with E-state index in [4.69, 9.17) is 16.3 Å². The fourth-order valence-corrected chi connectivity index (χ4v) is 1.89. The summed E-state index contributed by atoms with van der Waals surface area (Å²) in [7, 11) is 0. The number of hydrogen-bond acceptors (Lipinski definition) is 5. The highest BCUT2D eigenvalue weighted by molar-refractivity contribution is 6.28. The fourth-order valence-electron chi connectivity index (χ4n) is 1.74. The summed E-state index contributed by atoms with van der Waals surface area (Å²) in [6, 6.07) is 7.90. The van der Waals surface area contributed by atoms with Crippen molar-refractivity contribution in [3.05, 3.63) is 35.9 Å². The standard InChI is InChI=1S/C12H10ClN5O/c1-2-19-12-16-10(13)15-11(17-12)18-7-14-8-5-3-4-6-9(8)18/h3-7H,2H2,1H3. The molecular formula is C12H10ClN5O. The number of para-hydroxylation sites is 2. The third-order valence-corrected chi connectivity index (χ3v) is 2.69. The van der Waals surface area contributed by atoms with Crippen LogP contribution in [0, 0.1) is 0 Å². The molecule has 96 valence electrons. The largest absolute Gasteiger partial charge is 0.464 e. The predicted molar refractivity (Wildman–Crippen MR) is 70.6 cm³/mol. The Balaban J connectivity index is 2.15. The maximum absolute atomic E-state index is 5.88. The molecule has 3 rings (SSSR count). The van der Waals surface area contributed by atoms with Gasteiger partial charge < -0.3 is 4.74 Å². The lowest BCUT2D eigenvalue weighted by atomic mass is 10.3. The van der Waals surface area contributed by atoms with Gasteiger partial charge in [-0.25, -0.2) is 4.98 Å². The van der Waals surface area contributed by atoms with Crippen LogP contribution in [-0.4, -0.2) is 31.1 Å². The highest BCUT2D eigenvalue weighted by Gasteiger charge is 2.10. The van der Waals surface area contributed by atoms with Crippen LogP contribution in [0.2, 0.25) is 5.28 Å². The number of ether oxygens (including phenoxy) is 1. The molecule has 0 aliphatic rings. The third-order valence-electron chi connectivity index (χ3n) is 2.52. The van der Waals surface area contributed by atoms with E-state index in [0.29, 0.717) is 12.6 Å². The quantitative estimate of drug-likeness (QED) is 0.733. The van der Waals surface area contributed by atoms with E-state index >= 15 is 0 Å². The first-order valence-electron chi connectivity index (χ1n) is 5.75. The molecule has 0 aliphatic heterocycles. The molecule has 2 aromatic heterocycles. The Bertz CT molecular complexity index is 727. The molecule has 0 saturated heterocycles. The second kappa shape index (κ2) is 4.81. The second-order valence-electron chi connectivity index (χ2n) is 3.72. The fraction of sp³-hybridized carbons (Fsp3) is 0.167.